The molecule has 0 amide bonds. The zero-order chi connectivity index (χ0) is 63.8. The van der Waals surface area contributed by atoms with Crippen LogP contribution in [0, 0.1) is 0 Å². The van der Waals surface area contributed by atoms with E-state index < -0.39 is 195 Å². The lowest BCUT2D eigenvalue weighted by atomic mass is 9.12. The van der Waals surface area contributed by atoms with E-state index in [1.54, 1.807) is 12.4 Å². The number of hydrogen-bond donors (Lipinski definition) is 0. The van der Waals surface area contributed by atoms with Gasteiger partial charge in [0.05, 0.1) is 50.7 Å². The average Bonchev–Trinajstić information content (AvgIpc) is 0.744. The SMILES string of the molecule is FC(F)(F)c1cc([B-](c2cc(C(F)(F)F)cc(C(F)(F)F)c2)(c2cc(C(F)(F)F)cc(C(F)(F)F)c2)c2cc(C(F)(F)F)cc(C(F)(F)F)c2)cc(C(F)(F)F)c1.c1ccc(C[n+]2ccncc2Oc2ccc3ccc4cccc5ccc2c3c45)cc1. The maximum atomic E-state index is 14.2. The highest BCUT2D eigenvalue weighted by atomic mass is 19.4. The molecule has 87 heavy (non-hydrogen) atoms. The molecule has 10 rings (SSSR count). The predicted octanol–water partition coefficient (Wildman–Crippen LogP) is 17.3. The van der Waals surface area contributed by atoms with E-state index in [-0.39, 0.29) is 0 Å². The first-order valence-electron chi connectivity index (χ1n) is 24.7. The fourth-order valence-corrected chi connectivity index (χ4v) is 10.3. The number of rotatable bonds is 8. The summed E-state index contributed by atoms with van der Waals surface area (Å²) in [5.74, 6) is 1.56. The lowest BCUT2D eigenvalue weighted by molar-refractivity contribution is -0.692. The molecule has 0 unspecified atom stereocenters. The van der Waals surface area contributed by atoms with E-state index in [1.807, 2.05) is 12.3 Å². The minimum Gasteiger partial charge on any atom is -0.403 e. The molecular weight excluding hydrogens is 1220 g/mol. The maximum Gasteiger partial charge on any atom is 0.416 e. The number of aromatic nitrogens is 2. The van der Waals surface area contributed by atoms with Crippen LogP contribution >= 0.6 is 0 Å². The molecule has 0 saturated carbocycles. The van der Waals surface area contributed by atoms with Crippen molar-refractivity contribution in [1.82, 2.24) is 4.98 Å². The lowest BCUT2D eigenvalue weighted by Gasteiger charge is -2.46. The second-order valence-electron chi connectivity index (χ2n) is 19.8. The molecule has 0 bridgehead atoms. The molecule has 0 spiro atoms. The van der Waals surface area contributed by atoms with E-state index in [9.17, 15) is 105 Å². The van der Waals surface area contributed by atoms with Crippen molar-refractivity contribution in [2.24, 2.45) is 0 Å². The van der Waals surface area contributed by atoms with Gasteiger partial charge in [-0.3, -0.25) is 0 Å². The fourth-order valence-electron chi connectivity index (χ4n) is 10.3. The highest BCUT2D eigenvalue weighted by Gasteiger charge is 2.47. The van der Waals surface area contributed by atoms with Crippen LogP contribution in [0.2, 0.25) is 0 Å². The van der Waals surface area contributed by atoms with Gasteiger partial charge < -0.3 is 4.74 Å². The van der Waals surface area contributed by atoms with Crippen LogP contribution in [-0.4, -0.2) is 11.1 Å². The van der Waals surface area contributed by atoms with Gasteiger partial charge in [0.15, 0.2) is 12.7 Å². The lowest BCUT2D eigenvalue weighted by Crippen LogP contribution is -2.75. The Hall–Kier alpha value is -8.72. The molecule has 0 fully saturated rings. The van der Waals surface area contributed by atoms with Crippen LogP contribution in [0.3, 0.4) is 0 Å². The summed E-state index contributed by atoms with van der Waals surface area (Å²) in [6.07, 6.45) is -49.3. The Labute approximate surface area is 472 Å². The topological polar surface area (TPSA) is 26.0 Å². The number of nitrogens with zero attached hydrogens (tertiary/aromatic N) is 2. The summed E-state index contributed by atoms with van der Waals surface area (Å²) in [4.78, 5) is 4.30. The molecule has 0 N–H and O–H groups in total. The molecule has 0 radical (unpaired) electrons. The molecule has 10 aromatic rings. The molecule has 0 atom stereocenters. The van der Waals surface area contributed by atoms with Crippen molar-refractivity contribution in [3.05, 3.63) is 226 Å². The summed E-state index contributed by atoms with van der Waals surface area (Å²) in [5.41, 5.74) is -29.0. The van der Waals surface area contributed by atoms with Gasteiger partial charge in [0, 0.05) is 16.3 Å². The van der Waals surface area contributed by atoms with Gasteiger partial charge in [-0.2, -0.15) is 132 Å². The summed E-state index contributed by atoms with van der Waals surface area (Å²) in [6.45, 7) is 0.727. The van der Waals surface area contributed by atoms with Crippen LogP contribution in [0.5, 0.6) is 11.6 Å². The van der Waals surface area contributed by atoms with E-state index in [0.717, 1.165) is 23.6 Å². The first kappa shape index (κ1) is 62.8. The summed E-state index contributed by atoms with van der Waals surface area (Å²) in [7, 11) is 0. The second kappa shape index (κ2) is 21.9. The predicted molar refractivity (Wildman–Crippen MR) is 270 cm³/mol. The third kappa shape index (κ3) is 13.0. The van der Waals surface area contributed by atoms with Crippen LogP contribution in [0.15, 0.2) is 176 Å². The van der Waals surface area contributed by atoms with E-state index >= 15 is 0 Å². The Kier molecular flexibility index (Phi) is 15.8. The Morgan fingerprint density at radius 3 is 1.01 bits per heavy atom. The van der Waals surface area contributed by atoms with Gasteiger partial charge in [-0.05, 0) is 57.9 Å². The summed E-state index contributed by atoms with van der Waals surface area (Å²) in [5, 5.41) is 7.39. The number of alkyl halides is 24. The highest BCUT2D eigenvalue weighted by molar-refractivity contribution is 7.20. The van der Waals surface area contributed by atoms with Crippen molar-refractivity contribution in [2.75, 3.05) is 0 Å². The Balaban J connectivity index is 0.000000248. The highest BCUT2D eigenvalue weighted by Crippen LogP contribution is 2.43. The number of hydrogen-bond acceptors (Lipinski definition) is 2. The van der Waals surface area contributed by atoms with Gasteiger partial charge in [0.2, 0.25) is 0 Å². The average molecular weight is 1250 g/mol. The molecule has 1 aromatic heterocycles. The van der Waals surface area contributed by atoms with Crippen molar-refractivity contribution < 1.29 is 115 Å². The molecule has 3 nitrogen and oxygen atoms in total. The first-order valence-corrected chi connectivity index (χ1v) is 24.7. The Morgan fingerprint density at radius 2 is 0.667 bits per heavy atom. The Bertz CT molecular complexity index is 3720. The number of benzene rings is 9. The van der Waals surface area contributed by atoms with E-state index in [4.69, 9.17) is 4.74 Å². The van der Waals surface area contributed by atoms with Crippen LogP contribution in [0.25, 0.3) is 32.3 Å². The summed E-state index contributed by atoms with van der Waals surface area (Å²) < 4.78 is 349. The summed E-state index contributed by atoms with van der Waals surface area (Å²) in [6, 6.07) is 20.9. The zero-order valence-electron chi connectivity index (χ0n) is 42.9. The second-order valence-corrected chi connectivity index (χ2v) is 19.8. The van der Waals surface area contributed by atoms with Gasteiger partial charge >= 0.3 is 55.3 Å². The maximum absolute atomic E-state index is 14.2. The number of halogens is 24. The molecule has 0 aliphatic carbocycles. The van der Waals surface area contributed by atoms with Crippen molar-refractivity contribution in [1.29, 1.82) is 0 Å². The van der Waals surface area contributed by atoms with Gasteiger partial charge in [-0.15, -0.1) is 0 Å². The molecule has 0 aliphatic heterocycles. The quantitative estimate of drug-likeness (QED) is 0.0656. The zero-order valence-corrected chi connectivity index (χ0v) is 42.9. The van der Waals surface area contributed by atoms with Crippen molar-refractivity contribution in [3.63, 3.8) is 0 Å². The molecular formula is C59H31BF24N2O. The van der Waals surface area contributed by atoms with Crippen LogP contribution in [0.1, 0.15) is 50.1 Å². The Morgan fingerprint density at radius 1 is 0.345 bits per heavy atom. The van der Waals surface area contributed by atoms with E-state index in [0.29, 0.717) is 0 Å². The van der Waals surface area contributed by atoms with Crippen molar-refractivity contribution in [3.8, 4) is 11.6 Å². The van der Waals surface area contributed by atoms with Gasteiger partial charge in [-0.1, -0.05) is 121 Å². The van der Waals surface area contributed by atoms with E-state index in [2.05, 4.69) is 88.4 Å². The van der Waals surface area contributed by atoms with Gasteiger partial charge in [0.1, 0.15) is 18.1 Å². The van der Waals surface area contributed by atoms with Crippen molar-refractivity contribution >= 4 is 60.3 Å². The molecule has 0 saturated heterocycles. The molecule has 28 heteroatoms. The first-order chi connectivity index (χ1) is 40.1. The van der Waals surface area contributed by atoms with Gasteiger partial charge in [-0.25, -0.2) is 4.98 Å². The molecule has 454 valence electrons. The van der Waals surface area contributed by atoms with Crippen molar-refractivity contribution in [2.45, 2.75) is 56.0 Å². The van der Waals surface area contributed by atoms with Crippen LogP contribution < -0.4 is 31.2 Å². The smallest absolute Gasteiger partial charge is 0.403 e. The number of ether oxygens (including phenoxy) is 1. The molecule has 0 aliphatic rings. The fraction of sp³-hybridized carbons (Fsp3) is 0.153. The van der Waals surface area contributed by atoms with E-state index in [1.165, 1.54) is 32.5 Å². The monoisotopic (exact) mass is 1250 g/mol. The minimum atomic E-state index is -6.13. The third-order valence-electron chi connectivity index (χ3n) is 14.1. The van der Waals surface area contributed by atoms with Gasteiger partial charge in [0.25, 0.3) is 0 Å². The largest absolute Gasteiger partial charge is 0.416 e. The normalized spacial score (nSPS) is 13.3. The minimum absolute atomic E-state index is 0.691. The van der Waals surface area contributed by atoms with Crippen LogP contribution in [0.4, 0.5) is 105 Å². The van der Waals surface area contributed by atoms with Crippen LogP contribution in [-0.2, 0) is 56.0 Å². The summed E-state index contributed by atoms with van der Waals surface area (Å²) >= 11 is 0. The third-order valence-corrected chi connectivity index (χ3v) is 14.1. The standard InChI is InChI=1S/C32H12BF24.C27H19N2O/c34-25(35,36)13-1-14(26(37,38)39)6-21(5-13)33(22-7-15(27(40,41)42)2-16(8-22)28(43,44)45,23-9-17(29(46,47)48)3-18(10-23)30(49,50)51)24-11-19(31(52,53)54)4-20(12-24)32(55,56)57;1-2-5-19(6-3-1)18-29-16-15-28-17-25(29)30-24-14-12-22-10-9-20-7-4-8-21-11-13-23(24)27(22)26(20)21/h1-12H;1-17H,18H2/q-1;+1. The molecule has 1 heterocycles. The molecule has 9 aromatic carbocycles.